The summed E-state index contributed by atoms with van der Waals surface area (Å²) in [5.74, 6) is -5.57. The minimum atomic E-state index is -1.36. The number of amides is 5. The van der Waals surface area contributed by atoms with Gasteiger partial charge in [-0.2, -0.15) is 0 Å². The van der Waals surface area contributed by atoms with Gasteiger partial charge in [0.05, 0.1) is 12.5 Å². The van der Waals surface area contributed by atoms with Crippen LogP contribution in [-0.4, -0.2) is 83.8 Å². The highest BCUT2D eigenvalue weighted by molar-refractivity contribution is 5.95. The summed E-state index contributed by atoms with van der Waals surface area (Å²) in [5.41, 5.74) is 31.8. The summed E-state index contributed by atoms with van der Waals surface area (Å²) in [7, 11) is 0. The average molecular weight is 545 g/mol. The lowest BCUT2D eigenvalue weighted by atomic mass is 10.0. The van der Waals surface area contributed by atoms with Gasteiger partial charge in [0.1, 0.15) is 18.1 Å². The smallest absolute Gasteiger partial charge is 0.326 e. The van der Waals surface area contributed by atoms with E-state index >= 15 is 0 Å². The van der Waals surface area contributed by atoms with Crippen LogP contribution in [0.4, 0.5) is 0 Å². The van der Waals surface area contributed by atoms with Crippen LogP contribution in [0.5, 0.6) is 0 Å². The topological polar surface area (TPSA) is 327 Å². The second-order valence-electron chi connectivity index (χ2n) is 8.54. The molecule has 16 N–H and O–H groups in total. The fourth-order valence-electron chi connectivity index (χ4n) is 3.21. The molecule has 0 aromatic heterocycles. The van der Waals surface area contributed by atoms with Crippen LogP contribution < -0.4 is 50.4 Å². The molecule has 17 heteroatoms. The number of guanidine groups is 1. The molecular weight excluding hydrogens is 504 g/mol. The van der Waals surface area contributed by atoms with Gasteiger partial charge in [0.25, 0.3) is 0 Å². The van der Waals surface area contributed by atoms with E-state index in [-0.39, 0.29) is 44.6 Å². The Balaban J connectivity index is 5.58. The molecule has 0 spiro atoms. The third-order valence-electron chi connectivity index (χ3n) is 5.21. The Morgan fingerprint density at radius 2 is 1.24 bits per heavy atom. The van der Waals surface area contributed by atoms with E-state index in [4.69, 9.17) is 34.4 Å². The number of hydrogen-bond donors (Lipinski definition) is 10. The molecule has 5 amide bonds. The number of carboxylic acid groups (broad SMARTS) is 1. The van der Waals surface area contributed by atoms with E-state index in [2.05, 4.69) is 20.9 Å². The second-order valence-corrected chi connectivity index (χ2v) is 8.54. The van der Waals surface area contributed by atoms with Crippen molar-refractivity contribution in [3.05, 3.63) is 0 Å². The van der Waals surface area contributed by atoms with Gasteiger partial charge < -0.3 is 55.5 Å². The molecule has 0 aliphatic rings. The van der Waals surface area contributed by atoms with Crippen molar-refractivity contribution in [1.29, 1.82) is 0 Å². The first-order valence-electron chi connectivity index (χ1n) is 12.0. The van der Waals surface area contributed by atoms with Gasteiger partial charge in [-0.1, -0.05) is 0 Å². The molecule has 0 aliphatic carbocycles. The Bertz CT molecular complexity index is 863. The fourth-order valence-corrected chi connectivity index (χ4v) is 3.21. The van der Waals surface area contributed by atoms with Crippen LogP contribution in [0.3, 0.4) is 0 Å². The largest absolute Gasteiger partial charge is 0.480 e. The van der Waals surface area contributed by atoms with Crippen molar-refractivity contribution in [2.45, 2.75) is 75.5 Å². The minimum Gasteiger partial charge on any atom is -0.480 e. The third kappa shape index (κ3) is 15.2. The summed E-state index contributed by atoms with van der Waals surface area (Å²) in [6.07, 6.45) is 0.287. The van der Waals surface area contributed by atoms with Gasteiger partial charge in [-0.05, 0) is 45.1 Å². The van der Waals surface area contributed by atoms with Crippen molar-refractivity contribution >= 4 is 41.5 Å². The molecule has 0 saturated heterocycles. The predicted octanol–water partition coefficient (Wildman–Crippen LogP) is -4.82. The Morgan fingerprint density at radius 1 is 0.711 bits per heavy atom. The highest BCUT2D eigenvalue weighted by Crippen LogP contribution is 2.06. The number of unbranched alkanes of at least 4 members (excludes halogenated alkanes) is 1. The number of aliphatic imine (C=N–C) groups is 1. The average Bonchev–Trinajstić information content (AvgIpc) is 2.81. The molecular formula is C21H40N10O7. The molecule has 0 saturated carbocycles. The van der Waals surface area contributed by atoms with Gasteiger partial charge in [-0.3, -0.25) is 29.0 Å². The quantitative estimate of drug-likeness (QED) is 0.0393. The Morgan fingerprint density at radius 3 is 1.74 bits per heavy atom. The molecule has 0 rings (SSSR count). The van der Waals surface area contributed by atoms with Crippen molar-refractivity contribution in [2.75, 3.05) is 13.1 Å². The SMILES string of the molecule is NCCCCC(NC(=O)C(N)CC(N)=O)C(=O)NC(CCC(N)=O)C(=O)NC(CCCN=C(N)N)C(=O)O. The summed E-state index contributed by atoms with van der Waals surface area (Å²) in [6.45, 7) is 0.457. The third-order valence-corrected chi connectivity index (χ3v) is 5.21. The van der Waals surface area contributed by atoms with Crippen molar-refractivity contribution in [2.24, 2.45) is 39.4 Å². The highest BCUT2D eigenvalue weighted by atomic mass is 16.4. The first kappa shape index (κ1) is 34.0. The summed E-state index contributed by atoms with van der Waals surface area (Å²) < 4.78 is 0. The molecule has 17 nitrogen and oxygen atoms in total. The van der Waals surface area contributed by atoms with E-state index in [9.17, 15) is 33.9 Å². The number of hydrogen-bond acceptors (Lipinski definition) is 9. The Labute approximate surface area is 219 Å². The fraction of sp³-hybridized carbons (Fsp3) is 0.667. The van der Waals surface area contributed by atoms with Gasteiger partial charge in [0.2, 0.25) is 29.5 Å². The molecule has 0 fully saturated rings. The summed E-state index contributed by atoms with van der Waals surface area (Å²) in [5, 5.41) is 16.6. The molecule has 0 heterocycles. The Kier molecular flexibility index (Phi) is 16.4. The van der Waals surface area contributed by atoms with E-state index in [1.54, 1.807) is 0 Å². The number of primary amides is 2. The minimum absolute atomic E-state index is 0.0239. The summed E-state index contributed by atoms with van der Waals surface area (Å²) in [4.78, 5) is 76.1. The first-order chi connectivity index (χ1) is 17.8. The van der Waals surface area contributed by atoms with E-state index < -0.39 is 66.1 Å². The molecule has 216 valence electrons. The molecule has 0 aromatic carbocycles. The number of carbonyl (C=O) groups excluding carboxylic acids is 5. The number of rotatable bonds is 20. The number of nitrogens with one attached hydrogen (secondary N) is 3. The van der Waals surface area contributed by atoms with E-state index in [1.807, 2.05) is 0 Å². The first-order valence-corrected chi connectivity index (χ1v) is 12.0. The molecule has 4 unspecified atom stereocenters. The normalized spacial score (nSPS) is 13.7. The van der Waals surface area contributed by atoms with Crippen molar-refractivity contribution in [3.8, 4) is 0 Å². The van der Waals surface area contributed by atoms with Crippen LogP contribution in [0.15, 0.2) is 4.99 Å². The molecule has 0 aromatic rings. The molecule has 4 atom stereocenters. The van der Waals surface area contributed by atoms with Gasteiger partial charge in [-0.15, -0.1) is 0 Å². The zero-order chi connectivity index (χ0) is 29.3. The number of nitrogens with two attached hydrogens (primary N) is 6. The second kappa shape index (κ2) is 18.3. The number of carbonyl (C=O) groups is 6. The van der Waals surface area contributed by atoms with Crippen molar-refractivity contribution in [3.63, 3.8) is 0 Å². The molecule has 0 aliphatic heterocycles. The van der Waals surface area contributed by atoms with Crippen LogP contribution in [-0.2, 0) is 28.8 Å². The van der Waals surface area contributed by atoms with Crippen LogP contribution >= 0.6 is 0 Å². The number of aliphatic carboxylic acids is 1. The zero-order valence-electron chi connectivity index (χ0n) is 21.2. The van der Waals surface area contributed by atoms with Crippen LogP contribution in [0, 0.1) is 0 Å². The van der Waals surface area contributed by atoms with E-state index in [1.165, 1.54) is 0 Å². The summed E-state index contributed by atoms with van der Waals surface area (Å²) in [6, 6.07) is -5.17. The van der Waals surface area contributed by atoms with Crippen molar-refractivity contribution < 1.29 is 33.9 Å². The maximum absolute atomic E-state index is 13.0. The summed E-state index contributed by atoms with van der Waals surface area (Å²) >= 11 is 0. The highest BCUT2D eigenvalue weighted by Gasteiger charge is 2.30. The lowest BCUT2D eigenvalue weighted by Crippen LogP contribution is -2.57. The van der Waals surface area contributed by atoms with Gasteiger partial charge in [0.15, 0.2) is 5.96 Å². The molecule has 0 bridgehead atoms. The predicted molar refractivity (Wildman–Crippen MR) is 136 cm³/mol. The lowest BCUT2D eigenvalue weighted by molar-refractivity contribution is -0.142. The van der Waals surface area contributed by atoms with Gasteiger partial charge >= 0.3 is 5.97 Å². The van der Waals surface area contributed by atoms with Crippen LogP contribution in [0.25, 0.3) is 0 Å². The lowest BCUT2D eigenvalue weighted by Gasteiger charge is -2.25. The number of nitrogens with zero attached hydrogens (tertiary/aromatic N) is 1. The van der Waals surface area contributed by atoms with Crippen LogP contribution in [0.2, 0.25) is 0 Å². The van der Waals surface area contributed by atoms with Gasteiger partial charge in [0, 0.05) is 13.0 Å². The standard InChI is InChI=1S/C21H40N10O7/c22-8-2-1-4-12(29-17(34)11(23)10-16(25)33)18(35)30-13(6-7-15(24)32)19(36)31-14(20(37)38)5-3-9-28-21(26)27/h11-14H,1-10,22-23H2,(H2,24,32)(H2,25,33)(H,29,34)(H,30,35)(H,31,36)(H,37,38)(H4,26,27,28). The van der Waals surface area contributed by atoms with Crippen molar-refractivity contribution in [1.82, 2.24) is 16.0 Å². The van der Waals surface area contributed by atoms with Gasteiger partial charge in [-0.25, -0.2) is 4.79 Å². The maximum atomic E-state index is 13.0. The Hall–Kier alpha value is -3.99. The maximum Gasteiger partial charge on any atom is 0.326 e. The monoisotopic (exact) mass is 544 g/mol. The zero-order valence-corrected chi connectivity index (χ0v) is 21.2. The van der Waals surface area contributed by atoms with E-state index in [0.717, 1.165) is 0 Å². The van der Waals surface area contributed by atoms with E-state index in [0.29, 0.717) is 19.4 Å². The van der Waals surface area contributed by atoms with Crippen LogP contribution in [0.1, 0.15) is 51.4 Å². The molecule has 0 radical (unpaired) electrons. The molecule has 38 heavy (non-hydrogen) atoms. The number of carboxylic acids is 1.